The zero-order valence-electron chi connectivity index (χ0n) is 10.7. The second-order valence-corrected chi connectivity index (χ2v) is 4.76. The Bertz CT molecular complexity index is 677. The summed E-state index contributed by atoms with van der Waals surface area (Å²) in [4.78, 5) is 7.22. The van der Waals surface area contributed by atoms with E-state index in [1.165, 1.54) is 18.5 Å². The van der Waals surface area contributed by atoms with E-state index in [0.29, 0.717) is 0 Å². The van der Waals surface area contributed by atoms with Crippen molar-refractivity contribution in [1.82, 2.24) is 4.98 Å². The number of pyridine rings is 1. The zero-order chi connectivity index (χ0) is 15.8. The molecule has 1 aromatic heterocycles. The number of rotatable bonds is 2. The van der Waals surface area contributed by atoms with Gasteiger partial charge < -0.3 is 5.11 Å². The molecule has 0 aromatic carbocycles. The van der Waals surface area contributed by atoms with Crippen LogP contribution in [-0.4, -0.2) is 23.0 Å². The lowest BCUT2D eigenvalue weighted by Gasteiger charge is -2.28. The smallest absolute Gasteiger partial charge is 0.401 e. The summed E-state index contributed by atoms with van der Waals surface area (Å²) in [6.07, 6.45) is -1.02. The van der Waals surface area contributed by atoms with Crippen LogP contribution in [0.2, 0.25) is 5.02 Å². The molecular formula is C14H10ClF3N2O. The number of aliphatic hydroxyl groups is 1. The minimum absolute atomic E-state index is 0.0991. The van der Waals surface area contributed by atoms with Gasteiger partial charge in [0.1, 0.15) is 11.7 Å². The SMILES string of the molecule is C=NC1=C(c2ccncc2Cl)C(O)=CC(=C)C1C(F)(F)F. The molecule has 1 heterocycles. The van der Waals surface area contributed by atoms with Crippen LogP contribution in [0, 0.1) is 5.92 Å². The number of aliphatic hydroxyl groups excluding tert-OH is 1. The molecule has 1 aromatic rings. The molecule has 0 amide bonds. The molecule has 2 rings (SSSR count). The summed E-state index contributed by atoms with van der Waals surface area (Å²) in [6.45, 7) is 6.51. The molecule has 0 spiro atoms. The first-order chi connectivity index (χ1) is 9.77. The zero-order valence-corrected chi connectivity index (χ0v) is 11.4. The van der Waals surface area contributed by atoms with Gasteiger partial charge in [-0.15, -0.1) is 0 Å². The lowest BCUT2D eigenvalue weighted by atomic mass is 9.84. The predicted molar refractivity (Wildman–Crippen MR) is 75.1 cm³/mol. The van der Waals surface area contributed by atoms with Gasteiger partial charge in [0.15, 0.2) is 0 Å². The average Bonchev–Trinajstić information content (AvgIpc) is 2.37. The van der Waals surface area contributed by atoms with Gasteiger partial charge in [-0.1, -0.05) is 18.2 Å². The van der Waals surface area contributed by atoms with Crippen molar-refractivity contribution in [2.24, 2.45) is 10.9 Å². The Labute approximate surface area is 123 Å². The van der Waals surface area contributed by atoms with Crippen LogP contribution >= 0.6 is 11.6 Å². The molecule has 110 valence electrons. The number of aromatic nitrogens is 1. The van der Waals surface area contributed by atoms with Gasteiger partial charge in [0, 0.05) is 23.5 Å². The van der Waals surface area contributed by atoms with Crippen LogP contribution < -0.4 is 0 Å². The van der Waals surface area contributed by atoms with Crippen molar-refractivity contribution in [2.75, 3.05) is 0 Å². The molecule has 1 N–H and O–H groups in total. The summed E-state index contributed by atoms with van der Waals surface area (Å²) in [7, 11) is 0. The van der Waals surface area contributed by atoms with Crippen LogP contribution in [0.25, 0.3) is 5.57 Å². The van der Waals surface area contributed by atoms with Gasteiger partial charge in [0.25, 0.3) is 0 Å². The van der Waals surface area contributed by atoms with Crippen LogP contribution in [0.1, 0.15) is 5.56 Å². The Morgan fingerprint density at radius 3 is 2.57 bits per heavy atom. The van der Waals surface area contributed by atoms with Crippen LogP contribution in [0.4, 0.5) is 13.2 Å². The Morgan fingerprint density at radius 1 is 1.38 bits per heavy atom. The van der Waals surface area contributed by atoms with Crippen molar-refractivity contribution in [3.8, 4) is 0 Å². The van der Waals surface area contributed by atoms with Crippen LogP contribution in [0.15, 0.2) is 53.1 Å². The summed E-state index contributed by atoms with van der Waals surface area (Å²) in [5, 5.41) is 10.1. The van der Waals surface area contributed by atoms with E-state index in [-0.39, 0.29) is 21.7 Å². The van der Waals surface area contributed by atoms with E-state index in [4.69, 9.17) is 11.6 Å². The molecule has 1 aliphatic carbocycles. The third kappa shape index (κ3) is 2.71. The minimum Gasteiger partial charge on any atom is -0.507 e. The number of nitrogens with zero attached hydrogens (tertiary/aromatic N) is 2. The van der Waals surface area contributed by atoms with Gasteiger partial charge in [-0.05, 0) is 24.4 Å². The highest BCUT2D eigenvalue weighted by Crippen LogP contribution is 2.46. The third-order valence-corrected chi connectivity index (χ3v) is 3.32. The van der Waals surface area contributed by atoms with E-state index in [0.717, 1.165) is 6.08 Å². The molecule has 0 saturated heterocycles. The van der Waals surface area contributed by atoms with Crippen molar-refractivity contribution in [3.63, 3.8) is 0 Å². The maximum atomic E-state index is 13.2. The van der Waals surface area contributed by atoms with Crippen LogP contribution in [0.3, 0.4) is 0 Å². The number of hydrogen-bond acceptors (Lipinski definition) is 3. The maximum Gasteiger partial charge on any atom is 0.401 e. The Kier molecular flexibility index (Phi) is 3.91. The Hall–Kier alpha value is -2.08. The molecular weight excluding hydrogens is 305 g/mol. The first kappa shape index (κ1) is 15.3. The first-order valence-electron chi connectivity index (χ1n) is 5.74. The van der Waals surface area contributed by atoms with Gasteiger partial charge in [-0.2, -0.15) is 13.2 Å². The van der Waals surface area contributed by atoms with E-state index in [1.807, 2.05) is 0 Å². The fraction of sp³-hybridized carbons (Fsp3) is 0.143. The first-order valence-corrected chi connectivity index (χ1v) is 6.12. The van der Waals surface area contributed by atoms with Crippen LogP contribution in [-0.2, 0) is 0 Å². The van der Waals surface area contributed by atoms with E-state index in [1.54, 1.807) is 0 Å². The molecule has 1 atom stereocenters. The number of halogens is 4. The highest BCUT2D eigenvalue weighted by atomic mass is 35.5. The number of alkyl halides is 3. The van der Waals surface area contributed by atoms with Gasteiger partial charge in [-0.25, -0.2) is 0 Å². The van der Waals surface area contributed by atoms with Crippen molar-refractivity contribution in [1.29, 1.82) is 0 Å². The third-order valence-electron chi connectivity index (χ3n) is 3.02. The number of allylic oxidation sites excluding steroid dienone is 3. The number of hydrogen-bond donors (Lipinski definition) is 1. The van der Waals surface area contributed by atoms with E-state index in [2.05, 4.69) is 23.3 Å². The average molecular weight is 315 g/mol. The van der Waals surface area contributed by atoms with Gasteiger partial charge >= 0.3 is 6.18 Å². The molecule has 1 aliphatic rings. The fourth-order valence-electron chi connectivity index (χ4n) is 2.17. The van der Waals surface area contributed by atoms with Crippen molar-refractivity contribution in [3.05, 3.63) is 58.7 Å². The lowest BCUT2D eigenvalue weighted by Crippen LogP contribution is -2.28. The number of aliphatic imine (C=N–C) groups is 1. The lowest BCUT2D eigenvalue weighted by molar-refractivity contribution is -0.153. The largest absolute Gasteiger partial charge is 0.507 e. The van der Waals surface area contributed by atoms with Crippen molar-refractivity contribution < 1.29 is 18.3 Å². The highest BCUT2D eigenvalue weighted by Gasteiger charge is 2.46. The molecule has 1 unspecified atom stereocenters. The maximum absolute atomic E-state index is 13.2. The molecule has 3 nitrogen and oxygen atoms in total. The van der Waals surface area contributed by atoms with Gasteiger partial charge in [0.05, 0.1) is 10.7 Å². The summed E-state index contributed by atoms with van der Waals surface area (Å²) in [5.74, 6) is -2.43. The second kappa shape index (κ2) is 5.37. The second-order valence-electron chi connectivity index (χ2n) is 4.35. The predicted octanol–water partition coefficient (Wildman–Crippen LogP) is 4.34. The topological polar surface area (TPSA) is 45.5 Å². The molecule has 0 saturated carbocycles. The standard InChI is InChI=1S/C14H10ClF3N2O/c1-7-5-10(21)11(8-3-4-20-6-9(8)15)13(19-2)12(7)14(16,17)18/h3-6,12,21H,1-2H2. The Morgan fingerprint density at radius 2 is 2.05 bits per heavy atom. The van der Waals surface area contributed by atoms with Gasteiger partial charge in [0.2, 0.25) is 0 Å². The molecule has 7 heteroatoms. The van der Waals surface area contributed by atoms with Crippen molar-refractivity contribution >= 4 is 23.9 Å². The highest BCUT2D eigenvalue weighted by molar-refractivity contribution is 6.32. The van der Waals surface area contributed by atoms with Crippen LogP contribution in [0.5, 0.6) is 0 Å². The van der Waals surface area contributed by atoms with Gasteiger partial charge in [-0.3, -0.25) is 9.98 Å². The molecule has 0 bridgehead atoms. The Balaban J connectivity index is 2.75. The quantitative estimate of drug-likeness (QED) is 0.825. The van der Waals surface area contributed by atoms with E-state index >= 15 is 0 Å². The van der Waals surface area contributed by atoms with E-state index in [9.17, 15) is 18.3 Å². The normalized spacial score (nSPS) is 19.5. The fourth-order valence-corrected chi connectivity index (χ4v) is 2.39. The molecule has 0 aliphatic heterocycles. The molecule has 0 radical (unpaired) electrons. The molecule has 21 heavy (non-hydrogen) atoms. The minimum atomic E-state index is -4.60. The summed E-state index contributed by atoms with van der Waals surface area (Å²) >= 11 is 5.94. The monoisotopic (exact) mass is 314 g/mol. The summed E-state index contributed by atoms with van der Waals surface area (Å²) < 4.78 is 39.6. The summed E-state index contributed by atoms with van der Waals surface area (Å²) in [5.41, 5.74) is -0.659. The van der Waals surface area contributed by atoms with Crippen molar-refractivity contribution in [2.45, 2.75) is 6.18 Å². The summed E-state index contributed by atoms with van der Waals surface area (Å²) in [6, 6.07) is 1.40. The molecule has 0 fully saturated rings. The van der Waals surface area contributed by atoms with E-state index < -0.39 is 23.6 Å².